The highest BCUT2D eigenvalue weighted by molar-refractivity contribution is 5.78. The monoisotopic (exact) mass is 344 g/mol. The van der Waals surface area contributed by atoms with Crippen molar-refractivity contribution in [3.8, 4) is 0 Å². The minimum absolute atomic E-state index is 0.102. The van der Waals surface area contributed by atoms with E-state index in [4.69, 9.17) is 4.74 Å². The van der Waals surface area contributed by atoms with E-state index in [-0.39, 0.29) is 12.3 Å². The maximum atomic E-state index is 12.8. The third-order valence-electron chi connectivity index (χ3n) is 5.27. The molecule has 0 bridgehead atoms. The van der Waals surface area contributed by atoms with Gasteiger partial charge in [0.1, 0.15) is 0 Å². The third-order valence-corrected chi connectivity index (χ3v) is 5.27. The number of fused-ring (bicyclic) bond motifs is 1. The van der Waals surface area contributed by atoms with Gasteiger partial charge in [-0.05, 0) is 12.0 Å². The van der Waals surface area contributed by atoms with Crippen molar-refractivity contribution >= 4 is 11.7 Å². The molecule has 0 aromatic carbocycles. The molecule has 8 heteroatoms. The van der Waals surface area contributed by atoms with Crippen LogP contribution in [0.4, 0.5) is 0 Å². The second-order valence-electron chi connectivity index (χ2n) is 6.75. The maximum absolute atomic E-state index is 12.8. The molecule has 134 valence electrons. The molecule has 2 aromatic heterocycles. The highest BCUT2D eigenvalue weighted by atomic mass is 16.5. The summed E-state index contributed by atoms with van der Waals surface area (Å²) in [4.78, 5) is 25.7. The van der Waals surface area contributed by atoms with Gasteiger partial charge in [0.05, 0.1) is 19.6 Å². The SMILES string of the molecule is CC[C@@H]1CN(C(=O)Cc2nc3ncccn3n2)C[C@H]1N1CCOCC1. The van der Waals surface area contributed by atoms with E-state index in [2.05, 4.69) is 26.9 Å². The lowest BCUT2D eigenvalue weighted by Crippen LogP contribution is -2.47. The molecule has 0 aliphatic carbocycles. The Morgan fingerprint density at radius 3 is 2.92 bits per heavy atom. The van der Waals surface area contributed by atoms with Gasteiger partial charge in [-0.2, -0.15) is 4.98 Å². The Hall–Kier alpha value is -2.06. The Kier molecular flexibility index (Phi) is 4.63. The second-order valence-corrected chi connectivity index (χ2v) is 6.75. The number of likely N-dealkylation sites (tertiary alicyclic amines) is 1. The number of carbonyl (C=O) groups excluding carboxylic acids is 1. The molecule has 0 saturated carbocycles. The smallest absolute Gasteiger partial charge is 0.252 e. The fourth-order valence-electron chi connectivity index (χ4n) is 3.88. The number of hydrogen-bond donors (Lipinski definition) is 0. The number of amides is 1. The quantitative estimate of drug-likeness (QED) is 0.791. The Labute approximate surface area is 146 Å². The van der Waals surface area contributed by atoms with Gasteiger partial charge in [-0.1, -0.05) is 13.3 Å². The number of aromatic nitrogens is 4. The summed E-state index contributed by atoms with van der Waals surface area (Å²) < 4.78 is 7.07. The number of rotatable bonds is 4. The fraction of sp³-hybridized carbons (Fsp3) is 0.647. The fourth-order valence-corrected chi connectivity index (χ4v) is 3.88. The first kappa shape index (κ1) is 16.4. The first-order valence-electron chi connectivity index (χ1n) is 9.00. The molecule has 2 aliphatic heterocycles. The number of nitrogens with zero attached hydrogens (tertiary/aromatic N) is 6. The van der Waals surface area contributed by atoms with E-state index in [1.165, 1.54) is 0 Å². The van der Waals surface area contributed by atoms with E-state index >= 15 is 0 Å². The van der Waals surface area contributed by atoms with E-state index in [0.717, 1.165) is 45.8 Å². The van der Waals surface area contributed by atoms with Crippen molar-refractivity contribution in [2.45, 2.75) is 25.8 Å². The van der Waals surface area contributed by atoms with Crippen LogP contribution in [0.3, 0.4) is 0 Å². The van der Waals surface area contributed by atoms with Crippen molar-refractivity contribution in [1.29, 1.82) is 0 Å². The third kappa shape index (κ3) is 3.36. The molecule has 25 heavy (non-hydrogen) atoms. The van der Waals surface area contributed by atoms with E-state index in [1.54, 1.807) is 23.0 Å². The van der Waals surface area contributed by atoms with Crippen molar-refractivity contribution < 1.29 is 9.53 Å². The summed E-state index contributed by atoms with van der Waals surface area (Å²) in [6.07, 6.45) is 4.79. The zero-order valence-electron chi connectivity index (χ0n) is 14.5. The van der Waals surface area contributed by atoms with Gasteiger partial charge in [-0.15, -0.1) is 5.10 Å². The van der Waals surface area contributed by atoms with Crippen LogP contribution >= 0.6 is 0 Å². The maximum Gasteiger partial charge on any atom is 0.252 e. The van der Waals surface area contributed by atoms with E-state index in [0.29, 0.717) is 23.6 Å². The summed E-state index contributed by atoms with van der Waals surface area (Å²) in [7, 11) is 0. The molecule has 2 fully saturated rings. The first-order valence-corrected chi connectivity index (χ1v) is 9.00. The number of carbonyl (C=O) groups is 1. The van der Waals surface area contributed by atoms with Crippen molar-refractivity contribution in [2.24, 2.45) is 5.92 Å². The normalized spacial score (nSPS) is 24.9. The molecule has 0 radical (unpaired) electrons. The second kappa shape index (κ2) is 7.05. The molecule has 0 N–H and O–H groups in total. The lowest BCUT2D eigenvalue weighted by atomic mass is 9.99. The van der Waals surface area contributed by atoms with Crippen LogP contribution in [-0.2, 0) is 16.0 Å². The average molecular weight is 344 g/mol. The summed E-state index contributed by atoms with van der Waals surface area (Å²) in [6.45, 7) is 7.33. The summed E-state index contributed by atoms with van der Waals surface area (Å²) in [5.74, 6) is 1.69. The van der Waals surface area contributed by atoms with Gasteiger partial charge in [-0.3, -0.25) is 9.69 Å². The van der Waals surface area contributed by atoms with Crippen molar-refractivity contribution in [2.75, 3.05) is 39.4 Å². The van der Waals surface area contributed by atoms with E-state index in [9.17, 15) is 4.79 Å². The minimum Gasteiger partial charge on any atom is -0.379 e. The molecule has 1 amide bonds. The van der Waals surface area contributed by atoms with Crippen LogP contribution in [-0.4, -0.2) is 80.7 Å². The van der Waals surface area contributed by atoms with Crippen LogP contribution in [0, 0.1) is 5.92 Å². The van der Waals surface area contributed by atoms with E-state index in [1.807, 2.05) is 4.90 Å². The molecule has 4 rings (SSSR count). The lowest BCUT2D eigenvalue weighted by molar-refractivity contribution is -0.129. The molecule has 0 unspecified atom stereocenters. The summed E-state index contributed by atoms with van der Waals surface area (Å²) in [6, 6.07) is 2.24. The Morgan fingerprint density at radius 1 is 1.32 bits per heavy atom. The topological polar surface area (TPSA) is 75.9 Å². The first-order chi connectivity index (χ1) is 12.2. The van der Waals surface area contributed by atoms with Crippen LogP contribution in [0.2, 0.25) is 0 Å². The molecular formula is C17H24N6O2. The van der Waals surface area contributed by atoms with Crippen LogP contribution in [0.5, 0.6) is 0 Å². The zero-order valence-corrected chi connectivity index (χ0v) is 14.5. The van der Waals surface area contributed by atoms with Gasteiger partial charge >= 0.3 is 0 Å². The van der Waals surface area contributed by atoms with Gasteiger partial charge in [0.15, 0.2) is 5.82 Å². The van der Waals surface area contributed by atoms with Crippen molar-refractivity contribution in [3.63, 3.8) is 0 Å². The molecule has 0 spiro atoms. The Morgan fingerprint density at radius 2 is 2.16 bits per heavy atom. The number of ether oxygens (including phenoxy) is 1. The van der Waals surface area contributed by atoms with Crippen LogP contribution < -0.4 is 0 Å². The molecule has 2 atom stereocenters. The van der Waals surface area contributed by atoms with Gasteiger partial charge in [0.2, 0.25) is 5.91 Å². The highest BCUT2D eigenvalue weighted by Crippen LogP contribution is 2.26. The van der Waals surface area contributed by atoms with Crippen molar-refractivity contribution in [1.82, 2.24) is 29.4 Å². The van der Waals surface area contributed by atoms with Gasteiger partial charge < -0.3 is 9.64 Å². The summed E-state index contributed by atoms with van der Waals surface area (Å²) in [5.41, 5.74) is 0. The van der Waals surface area contributed by atoms with Crippen LogP contribution in [0.1, 0.15) is 19.2 Å². The predicted molar refractivity (Wildman–Crippen MR) is 91.0 cm³/mol. The largest absolute Gasteiger partial charge is 0.379 e. The lowest BCUT2D eigenvalue weighted by Gasteiger charge is -2.34. The van der Waals surface area contributed by atoms with Gasteiger partial charge in [0.25, 0.3) is 5.78 Å². The Balaban J connectivity index is 1.43. The minimum atomic E-state index is 0.102. The standard InChI is InChI=1S/C17H24N6O2/c1-2-13-11-22(12-14(13)21-6-8-25-9-7-21)16(24)10-15-19-17-18-4-3-5-23(17)20-15/h3-5,13-14H,2,6-12H2,1H3/t13-,14-/m1/s1. The summed E-state index contributed by atoms with van der Waals surface area (Å²) >= 11 is 0. The molecule has 2 saturated heterocycles. The van der Waals surface area contributed by atoms with Gasteiger partial charge in [-0.25, -0.2) is 9.50 Å². The number of morpholine rings is 1. The molecule has 4 heterocycles. The highest BCUT2D eigenvalue weighted by Gasteiger charge is 2.38. The zero-order chi connectivity index (χ0) is 17.2. The molecule has 2 aliphatic rings. The van der Waals surface area contributed by atoms with Crippen molar-refractivity contribution in [3.05, 3.63) is 24.3 Å². The molecule has 8 nitrogen and oxygen atoms in total. The van der Waals surface area contributed by atoms with Crippen LogP contribution in [0.15, 0.2) is 18.5 Å². The average Bonchev–Trinajstić information content (AvgIpc) is 3.25. The van der Waals surface area contributed by atoms with Crippen LogP contribution in [0.25, 0.3) is 5.78 Å². The number of hydrogen-bond acceptors (Lipinski definition) is 6. The molecule has 2 aromatic rings. The van der Waals surface area contributed by atoms with E-state index < -0.39 is 0 Å². The molecular weight excluding hydrogens is 320 g/mol. The predicted octanol–water partition coefficient (Wildman–Crippen LogP) is 0.236. The van der Waals surface area contributed by atoms with Gasteiger partial charge in [0, 0.05) is 44.6 Å². The summed E-state index contributed by atoms with van der Waals surface area (Å²) in [5, 5.41) is 4.34. The Bertz CT molecular complexity index is 709.